The zero-order valence-corrected chi connectivity index (χ0v) is 16.3. The Morgan fingerprint density at radius 2 is 2.19 bits per heavy atom. The Hall–Kier alpha value is -2.18. The number of benzene rings is 1. The number of carbonyl (C=O) groups excluding carboxylic acids is 1. The molecule has 1 amide bonds. The summed E-state index contributed by atoms with van der Waals surface area (Å²) in [7, 11) is 1.58. The molecule has 7 heteroatoms. The molecule has 1 atom stereocenters. The fraction of sp³-hybridized carbons (Fsp3) is 0.450. The van der Waals surface area contributed by atoms with Crippen molar-refractivity contribution in [2.24, 2.45) is 5.92 Å². The van der Waals surface area contributed by atoms with Gasteiger partial charge in [0, 0.05) is 30.4 Å². The molecule has 1 aliphatic heterocycles. The van der Waals surface area contributed by atoms with Crippen LogP contribution in [0.1, 0.15) is 31.5 Å². The van der Waals surface area contributed by atoms with Crippen molar-refractivity contribution in [3.8, 4) is 5.75 Å². The number of anilines is 1. The number of carbonyl (C=O) groups is 1. The van der Waals surface area contributed by atoms with Gasteiger partial charge in [-0.25, -0.2) is 9.97 Å². The molecule has 0 saturated carbocycles. The van der Waals surface area contributed by atoms with Gasteiger partial charge in [-0.1, -0.05) is 11.6 Å². The average molecular weight is 389 g/mol. The van der Waals surface area contributed by atoms with E-state index < -0.39 is 0 Å². The topological polar surface area (TPSA) is 67.3 Å². The molecule has 144 valence electrons. The van der Waals surface area contributed by atoms with Crippen molar-refractivity contribution in [3.05, 3.63) is 47.5 Å². The van der Waals surface area contributed by atoms with Crippen LogP contribution in [0.5, 0.6) is 5.75 Å². The van der Waals surface area contributed by atoms with Crippen LogP contribution in [0.2, 0.25) is 5.02 Å². The molecule has 2 aromatic rings. The number of nitrogens with one attached hydrogen (secondary N) is 1. The lowest BCUT2D eigenvalue weighted by Gasteiger charge is -2.32. The van der Waals surface area contributed by atoms with E-state index in [9.17, 15) is 4.79 Å². The van der Waals surface area contributed by atoms with Gasteiger partial charge < -0.3 is 10.1 Å². The summed E-state index contributed by atoms with van der Waals surface area (Å²) in [4.78, 5) is 23.3. The molecular formula is C20H25ClN4O2. The number of hydrogen-bond donors (Lipinski definition) is 1. The van der Waals surface area contributed by atoms with Gasteiger partial charge in [0.15, 0.2) is 0 Å². The van der Waals surface area contributed by atoms with Gasteiger partial charge in [-0.2, -0.15) is 0 Å². The van der Waals surface area contributed by atoms with E-state index in [1.54, 1.807) is 37.7 Å². The number of likely N-dealkylation sites (tertiary alicyclic amines) is 1. The zero-order chi connectivity index (χ0) is 19.1. The minimum absolute atomic E-state index is 0.0147. The van der Waals surface area contributed by atoms with Crippen molar-refractivity contribution in [2.45, 2.75) is 32.2 Å². The summed E-state index contributed by atoms with van der Waals surface area (Å²) in [6, 6.07) is 7.03. The van der Waals surface area contributed by atoms with E-state index in [1.807, 2.05) is 6.07 Å². The van der Waals surface area contributed by atoms with Crippen LogP contribution in [-0.4, -0.2) is 41.0 Å². The molecule has 27 heavy (non-hydrogen) atoms. The van der Waals surface area contributed by atoms with E-state index in [0.29, 0.717) is 28.8 Å². The maximum Gasteiger partial charge on any atom is 0.224 e. The minimum Gasteiger partial charge on any atom is -0.495 e. The second-order valence-corrected chi connectivity index (χ2v) is 7.28. The number of ether oxygens (including phenoxy) is 1. The van der Waals surface area contributed by atoms with Gasteiger partial charge in [0.1, 0.15) is 11.6 Å². The lowest BCUT2D eigenvalue weighted by Crippen LogP contribution is -2.35. The van der Waals surface area contributed by atoms with Gasteiger partial charge in [0.2, 0.25) is 5.91 Å². The zero-order valence-electron chi connectivity index (χ0n) is 15.5. The number of methoxy groups -OCH3 is 1. The van der Waals surface area contributed by atoms with E-state index >= 15 is 0 Å². The summed E-state index contributed by atoms with van der Waals surface area (Å²) in [5.41, 5.74) is 0.612. The fourth-order valence-electron chi connectivity index (χ4n) is 3.47. The van der Waals surface area contributed by atoms with Crippen LogP contribution in [0.25, 0.3) is 0 Å². The third-order valence-electron chi connectivity index (χ3n) is 4.80. The van der Waals surface area contributed by atoms with E-state index in [0.717, 1.165) is 44.7 Å². The summed E-state index contributed by atoms with van der Waals surface area (Å²) in [5, 5.41) is 3.48. The maximum atomic E-state index is 12.4. The first-order valence-electron chi connectivity index (χ1n) is 9.25. The normalized spacial score (nSPS) is 17.5. The summed E-state index contributed by atoms with van der Waals surface area (Å²) >= 11 is 6.02. The summed E-state index contributed by atoms with van der Waals surface area (Å²) in [6.07, 6.45) is 7.19. The summed E-state index contributed by atoms with van der Waals surface area (Å²) in [6.45, 7) is 2.80. The molecule has 1 fully saturated rings. The van der Waals surface area contributed by atoms with Gasteiger partial charge in [0.25, 0.3) is 0 Å². The third kappa shape index (κ3) is 5.91. The number of piperidine rings is 1. The van der Waals surface area contributed by atoms with Crippen molar-refractivity contribution in [1.29, 1.82) is 0 Å². The molecule has 0 radical (unpaired) electrons. The first-order chi connectivity index (χ1) is 13.1. The molecule has 1 aliphatic rings. The second kappa shape index (κ2) is 9.67. The Morgan fingerprint density at radius 1 is 1.37 bits per heavy atom. The van der Waals surface area contributed by atoms with Crippen LogP contribution >= 0.6 is 11.6 Å². The van der Waals surface area contributed by atoms with E-state index in [1.165, 1.54) is 0 Å². The number of nitrogens with zero attached hydrogens (tertiary/aromatic N) is 3. The molecule has 0 unspecified atom stereocenters. The Kier molecular flexibility index (Phi) is 7.01. The van der Waals surface area contributed by atoms with E-state index in [4.69, 9.17) is 16.3 Å². The molecular weight excluding hydrogens is 364 g/mol. The molecule has 3 rings (SSSR count). The summed E-state index contributed by atoms with van der Waals surface area (Å²) < 4.78 is 5.27. The first kappa shape index (κ1) is 19.6. The number of aromatic nitrogens is 2. The molecule has 1 aromatic carbocycles. The molecule has 1 N–H and O–H groups in total. The fourth-order valence-corrected chi connectivity index (χ4v) is 3.64. The van der Waals surface area contributed by atoms with Crippen LogP contribution < -0.4 is 10.1 Å². The third-order valence-corrected chi connectivity index (χ3v) is 5.04. The van der Waals surface area contributed by atoms with Crippen LogP contribution in [0.4, 0.5) is 5.69 Å². The Labute approximate surface area is 164 Å². The lowest BCUT2D eigenvalue weighted by atomic mass is 9.93. The molecule has 2 heterocycles. The second-order valence-electron chi connectivity index (χ2n) is 6.84. The molecule has 0 aliphatic carbocycles. The van der Waals surface area contributed by atoms with Gasteiger partial charge in [0.05, 0.1) is 19.3 Å². The molecule has 6 nitrogen and oxygen atoms in total. The van der Waals surface area contributed by atoms with Crippen molar-refractivity contribution in [1.82, 2.24) is 14.9 Å². The van der Waals surface area contributed by atoms with Crippen LogP contribution in [0, 0.1) is 5.92 Å². The van der Waals surface area contributed by atoms with Gasteiger partial charge in [-0.15, -0.1) is 0 Å². The van der Waals surface area contributed by atoms with Crippen molar-refractivity contribution >= 4 is 23.2 Å². The minimum atomic E-state index is -0.0147. The lowest BCUT2D eigenvalue weighted by molar-refractivity contribution is -0.116. The highest BCUT2D eigenvalue weighted by atomic mass is 35.5. The van der Waals surface area contributed by atoms with Crippen molar-refractivity contribution in [2.75, 3.05) is 25.5 Å². The van der Waals surface area contributed by atoms with Crippen LogP contribution in [0.15, 0.2) is 36.7 Å². The maximum absolute atomic E-state index is 12.4. The van der Waals surface area contributed by atoms with E-state index in [2.05, 4.69) is 20.2 Å². The molecule has 0 bridgehead atoms. The molecule has 1 saturated heterocycles. The Morgan fingerprint density at radius 3 is 2.96 bits per heavy atom. The van der Waals surface area contributed by atoms with E-state index in [-0.39, 0.29) is 5.91 Å². The Balaban J connectivity index is 1.48. The highest BCUT2D eigenvalue weighted by molar-refractivity contribution is 6.31. The Bertz CT molecular complexity index is 757. The number of hydrogen-bond acceptors (Lipinski definition) is 5. The van der Waals surface area contributed by atoms with Crippen molar-refractivity contribution in [3.63, 3.8) is 0 Å². The highest BCUT2D eigenvalue weighted by Gasteiger charge is 2.21. The van der Waals surface area contributed by atoms with Crippen LogP contribution in [0.3, 0.4) is 0 Å². The average Bonchev–Trinajstić information content (AvgIpc) is 2.68. The molecule has 1 aromatic heterocycles. The number of rotatable bonds is 7. The quantitative estimate of drug-likeness (QED) is 0.782. The van der Waals surface area contributed by atoms with Gasteiger partial charge in [-0.05, 0) is 56.0 Å². The monoisotopic (exact) mass is 388 g/mol. The SMILES string of the molecule is COc1ccc(Cl)cc1NC(=O)CC[C@@H]1CCCN(Cc2ncccn2)C1. The largest absolute Gasteiger partial charge is 0.495 e. The number of amides is 1. The predicted molar refractivity (Wildman–Crippen MR) is 106 cm³/mol. The number of halogens is 1. The van der Waals surface area contributed by atoms with Gasteiger partial charge >= 0.3 is 0 Å². The standard InChI is InChI=1S/C20H25ClN4O2/c1-27-18-7-6-16(21)12-17(18)24-20(26)8-5-15-4-2-11-25(13-15)14-19-22-9-3-10-23-19/h3,6-7,9-10,12,15H,2,4-5,8,11,13-14H2,1H3,(H,24,26)/t15-/m0/s1. The van der Waals surface area contributed by atoms with Crippen molar-refractivity contribution < 1.29 is 9.53 Å². The predicted octanol–water partition coefficient (Wildman–Crippen LogP) is 3.77. The molecule has 0 spiro atoms. The van der Waals surface area contributed by atoms with Crippen LogP contribution in [-0.2, 0) is 11.3 Å². The first-order valence-corrected chi connectivity index (χ1v) is 9.63. The highest BCUT2D eigenvalue weighted by Crippen LogP contribution is 2.28. The van der Waals surface area contributed by atoms with Gasteiger partial charge in [-0.3, -0.25) is 9.69 Å². The summed E-state index contributed by atoms with van der Waals surface area (Å²) in [5.74, 6) is 1.96. The smallest absolute Gasteiger partial charge is 0.224 e.